The summed E-state index contributed by atoms with van der Waals surface area (Å²) < 4.78 is 13.3. The smallest absolute Gasteiger partial charge is 0.321 e. The molecule has 25 heavy (non-hydrogen) atoms. The zero-order chi connectivity index (χ0) is 18.0. The van der Waals surface area contributed by atoms with Crippen LogP contribution in [-0.2, 0) is 17.8 Å². The number of carbonyl (C=O) groups is 1. The van der Waals surface area contributed by atoms with Gasteiger partial charge in [0.1, 0.15) is 11.9 Å². The second kappa shape index (κ2) is 7.07. The number of carboxylic acids is 1. The third-order valence-corrected chi connectivity index (χ3v) is 4.51. The van der Waals surface area contributed by atoms with Crippen LogP contribution in [0, 0.1) is 19.7 Å². The predicted octanol–water partition coefficient (Wildman–Crippen LogP) is 3.71. The Bertz CT molecular complexity index is 917. The van der Waals surface area contributed by atoms with Crippen molar-refractivity contribution < 1.29 is 14.3 Å². The van der Waals surface area contributed by atoms with E-state index < -0.39 is 12.0 Å². The van der Waals surface area contributed by atoms with Crippen molar-refractivity contribution in [3.05, 3.63) is 70.7 Å². The van der Waals surface area contributed by atoms with Gasteiger partial charge >= 0.3 is 5.97 Å². The molecule has 4 nitrogen and oxygen atoms in total. The second-order valence-electron chi connectivity index (χ2n) is 6.37. The van der Waals surface area contributed by atoms with Crippen molar-refractivity contribution in [2.75, 3.05) is 0 Å². The van der Waals surface area contributed by atoms with Crippen molar-refractivity contribution in [1.82, 2.24) is 10.3 Å². The van der Waals surface area contributed by atoms with Crippen molar-refractivity contribution in [1.29, 1.82) is 0 Å². The Morgan fingerprint density at radius 2 is 2.04 bits per heavy atom. The summed E-state index contributed by atoms with van der Waals surface area (Å²) in [4.78, 5) is 14.9. The molecule has 5 heteroatoms. The van der Waals surface area contributed by atoms with Gasteiger partial charge in [-0.2, -0.15) is 0 Å². The Labute approximate surface area is 145 Å². The maximum Gasteiger partial charge on any atom is 0.321 e. The molecule has 2 aromatic carbocycles. The Morgan fingerprint density at radius 3 is 2.76 bits per heavy atom. The number of aliphatic carboxylic acids is 1. The number of carboxylic acid groups (broad SMARTS) is 1. The van der Waals surface area contributed by atoms with Gasteiger partial charge in [-0.1, -0.05) is 30.3 Å². The molecule has 0 bridgehead atoms. The summed E-state index contributed by atoms with van der Waals surface area (Å²) in [5.74, 6) is -1.16. The number of hydrogen-bond acceptors (Lipinski definition) is 2. The normalized spacial score (nSPS) is 12.4. The average Bonchev–Trinajstić information content (AvgIpc) is 2.98. The van der Waals surface area contributed by atoms with Crippen LogP contribution in [0.15, 0.2) is 42.6 Å². The molecule has 0 fully saturated rings. The zero-order valence-electron chi connectivity index (χ0n) is 14.3. The summed E-state index contributed by atoms with van der Waals surface area (Å²) in [6.07, 6.45) is 2.25. The van der Waals surface area contributed by atoms with Gasteiger partial charge in [-0.05, 0) is 42.2 Å². The summed E-state index contributed by atoms with van der Waals surface area (Å²) in [6, 6.07) is 10.1. The van der Waals surface area contributed by atoms with Crippen molar-refractivity contribution in [2.24, 2.45) is 0 Å². The van der Waals surface area contributed by atoms with Crippen LogP contribution < -0.4 is 5.32 Å². The van der Waals surface area contributed by atoms with Crippen LogP contribution >= 0.6 is 0 Å². The lowest BCUT2D eigenvalue weighted by Crippen LogP contribution is -2.38. The Morgan fingerprint density at radius 1 is 1.24 bits per heavy atom. The fourth-order valence-electron chi connectivity index (χ4n) is 3.06. The molecule has 130 valence electrons. The monoisotopic (exact) mass is 340 g/mol. The van der Waals surface area contributed by atoms with Gasteiger partial charge in [0.2, 0.25) is 0 Å². The fourth-order valence-corrected chi connectivity index (χ4v) is 3.06. The number of halogens is 1. The molecule has 1 aromatic heterocycles. The molecule has 0 aliphatic heterocycles. The van der Waals surface area contributed by atoms with Crippen LogP contribution in [0.1, 0.15) is 22.3 Å². The van der Waals surface area contributed by atoms with E-state index in [2.05, 4.69) is 10.3 Å². The minimum absolute atomic E-state index is 0.257. The number of hydrogen-bond donors (Lipinski definition) is 3. The topological polar surface area (TPSA) is 65.1 Å². The van der Waals surface area contributed by atoms with Gasteiger partial charge in [0.05, 0.1) is 0 Å². The maximum atomic E-state index is 13.3. The Hall–Kier alpha value is -2.66. The van der Waals surface area contributed by atoms with Crippen LogP contribution in [-0.4, -0.2) is 22.1 Å². The van der Waals surface area contributed by atoms with E-state index in [1.807, 2.05) is 31.3 Å². The second-order valence-corrected chi connectivity index (χ2v) is 6.37. The summed E-state index contributed by atoms with van der Waals surface area (Å²) in [6.45, 7) is 4.09. The quantitative estimate of drug-likeness (QED) is 0.641. The molecule has 0 spiro atoms. The van der Waals surface area contributed by atoms with Crippen LogP contribution in [0.5, 0.6) is 0 Å². The van der Waals surface area contributed by atoms with Crippen molar-refractivity contribution in [3.63, 3.8) is 0 Å². The molecule has 3 N–H and O–H groups in total. The first kappa shape index (κ1) is 17.2. The van der Waals surface area contributed by atoms with E-state index in [9.17, 15) is 14.3 Å². The molecule has 0 aliphatic carbocycles. The number of para-hydroxylation sites is 1. The van der Waals surface area contributed by atoms with Gasteiger partial charge < -0.3 is 15.4 Å². The van der Waals surface area contributed by atoms with Crippen molar-refractivity contribution in [3.8, 4) is 0 Å². The number of fused-ring (bicyclic) bond motifs is 1. The zero-order valence-corrected chi connectivity index (χ0v) is 14.3. The summed E-state index contributed by atoms with van der Waals surface area (Å²) >= 11 is 0. The number of nitrogens with one attached hydrogen (secondary N) is 2. The average molecular weight is 340 g/mol. The molecular formula is C20H21FN2O2. The summed E-state index contributed by atoms with van der Waals surface area (Å²) in [5.41, 5.74) is 4.55. The number of rotatable bonds is 6. The van der Waals surface area contributed by atoms with Gasteiger partial charge in [-0.15, -0.1) is 0 Å². The van der Waals surface area contributed by atoms with E-state index >= 15 is 0 Å². The Balaban J connectivity index is 1.75. The van der Waals surface area contributed by atoms with Crippen LogP contribution in [0.25, 0.3) is 10.9 Å². The highest BCUT2D eigenvalue weighted by Gasteiger charge is 2.19. The summed E-state index contributed by atoms with van der Waals surface area (Å²) in [5, 5.41) is 13.7. The number of aryl methyl sites for hydroxylation is 2. The van der Waals surface area contributed by atoms with E-state index in [1.165, 1.54) is 6.07 Å². The minimum Gasteiger partial charge on any atom is -0.480 e. The Kier molecular flexibility index (Phi) is 4.86. The molecular weight excluding hydrogens is 319 g/mol. The first-order chi connectivity index (χ1) is 12.0. The predicted molar refractivity (Wildman–Crippen MR) is 96.1 cm³/mol. The highest BCUT2D eigenvalue weighted by molar-refractivity contribution is 5.86. The van der Waals surface area contributed by atoms with E-state index in [0.717, 1.165) is 27.6 Å². The van der Waals surface area contributed by atoms with E-state index in [-0.39, 0.29) is 5.82 Å². The third kappa shape index (κ3) is 3.72. The van der Waals surface area contributed by atoms with Crippen molar-refractivity contribution in [2.45, 2.75) is 32.9 Å². The maximum absolute atomic E-state index is 13.3. The molecule has 0 saturated heterocycles. The molecule has 3 rings (SSSR count). The standard InChI is InChI=1S/C20H21FN2O2/c1-12-4-3-5-16-15(11-23-19(12)16)9-18(20(24)25)22-10-14-6-7-17(21)13(2)8-14/h3-8,11,18,22-23H,9-10H2,1-2H3,(H,24,25). The van der Waals surface area contributed by atoms with Crippen LogP contribution in [0.2, 0.25) is 0 Å². The highest BCUT2D eigenvalue weighted by Crippen LogP contribution is 2.22. The fraction of sp³-hybridized carbons (Fsp3) is 0.250. The van der Waals surface area contributed by atoms with Crippen molar-refractivity contribution >= 4 is 16.9 Å². The molecule has 1 heterocycles. The SMILES string of the molecule is Cc1cc(CNC(Cc2c[nH]c3c(C)cccc23)C(=O)O)ccc1F. The minimum atomic E-state index is -0.902. The van der Waals surface area contributed by atoms with Gasteiger partial charge in [0.15, 0.2) is 0 Å². The molecule has 0 aliphatic rings. The first-order valence-electron chi connectivity index (χ1n) is 8.22. The number of aromatic amines is 1. The van der Waals surface area contributed by atoms with Gasteiger partial charge in [-0.25, -0.2) is 4.39 Å². The number of H-pyrrole nitrogens is 1. The molecule has 0 amide bonds. The largest absolute Gasteiger partial charge is 0.480 e. The third-order valence-electron chi connectivity index (χ3n) is 4.51. The van der Waals surface area contributed by atoms with Crippen LogP contribution in [0.4, 0.5) is 4.39 Å². The number of aromatic nitrogens is 1. The van der Waals surface area contributed by atoms with E-state index in [0.29, 0.717) is 18.5 Å². The van der Waals surface area contributed by atoms with Gasteiger partial charge in [0, 0.05) is 30.1 Å². The molecule has 0 saturated carbocycles. The molecule has 1 unspecified atom stereocenters. The molecule has 1 atom stereocenters. The lowest BCUT2D eigenvalue weighted by molar-refractivity contribution is -0.139. The van der Waals surface area contributed by atoms with Crippen LogP contribution in [0.3, 0.4) is 0 Å². The lowest BCUT2D eigenvalue weighted by atomic mass is 10.0. The van der Waals surface area contributed by atoms with E-state index in [1.54, 1.807) is 19.1 Å². The van der Waals surface area contributed by atoms with Gasteiger partial charge in [-0.3, -0.25) is 4.79 Å². The summed E-state index contributed by atoms with van der Waals surface area (Å²) in [7, 11) is 0. The first-order valence-corrected chi connectivity index (χ1v) is 8.22. The molecule has 3 aromatic rings. The number of benzene rings is 2. The molecule has 0 radical (unpaired) electrons. The lowest BCUT2D eigenvalue weighted by Gasteiger charge is -2.14. The van der Waals surface area contributed by atoms with E-state index in [4.69, 9.17) is 0 Å². The van der Waals surface area contributed by atoms with Gasteiger partial charge in [0.25, 0.3) is 0 Å². The highest BCUT2D eigenvalue weighted by atomic mass is 19.1.